The highest BCUT2D eigenvalue weighted by atomic mass is 35.5. The first kappa shape index (κ1) is 19.7. The number of hydrogen-bond donors (Lipinski definition) is 1. The topological polar surface area (TPSA) is 72.2 Å². The minimum Gasteiger partial charge on any atom is -0.322 e. The van der Waals surface area contributed by atoms with Crippen LogP contribution in [0.5, 0.6) is 0 Å². The van der Waals surface area contributed by atoms with E-state index in [2.05, 4.69) is 15.5 Å². The molecule has 0 saturated heterocycles. The van der Waals surface area contributed by atoms with Crippen LogP contribution in [0.25, 0.3) is 27.6 Å². The zero-order valence-corrected chi connectivity index (χ0v) is 18.1. The number of fused-ring (bicyclic) bond motifs is 1. The number of nitrogens with one attached hydrogen (secondary N) is 1. The molecule has 0 radical (unpaired) electrons. The fraction of sp³-hybridized carbons (Fsp3) is 0. The zero-order chi connectivity index (χ0) is 21.4. The number of nitrogens with zero attached hydrogens (tertiary/aromatic N) is 4. The molecule has 9 heteroatoms. The van der Waals surface area contributed by atoms with Crippen LogP contribution in [0.1, 0.15) is 10.4 Å². The fourth-order valence-corrected chi connectivity index (χ4v) is 4.09. The highest BCUT2D eigenvalue weighted by Crippen LogP contribution is 2.26. The monoisotopic (exact) mass is 465 g/mol. The molecule has 3 aromatic heterocycles. The van der Waals surface area contributed by atoms with Crippen molar-refractivity contribution in [3.8, 4) is 22.0 Å². The Morgan fingerprint density at radius 2 is 1.84 bits per heavy atom. The highest BCUT2D eigenvalue weighted by Gasteiger charge is 2.13. The molecule has 0 aliphatic rings. The van der Waals surface area contributed by atoms with Crippen LogP contribution in [0, 0.1) is 0 Å². The Hall–Kier alpha value is -3.26. The van der Waals surface area contributed by atoms with E-state index in [0.29, 0.717) is 32.8 Å². The Labute approximate surface area is 191 Å². The van der Waals surface area contributed by atoms with Gasteiger partial charge in [0.2, 0.25) is 0 Å². The highest BCUT2D eigenvalue weighted by molar-refractivity contribution is 7.13. The SMILES string of the molecule is O=C(Nc1cccc(-c2ccc3nnc(-c4cccs4)n3n2)c1)c1ccc(Cl)c(Cl)c1. The second kappa shape index (κ2) is 8.11. The number of carbonyl (C=O) groups is 1. The van der Waals surface area contributed by atoms with Crippen molar-refractivity contribution in [1.82, 2.24) is 19.8 Å². The Bertz CT molecular complexity index is 1410. The van der Waals surface area contributed by atoms with Gasteiger partial charge in [0.15, 0.2) is 11.5 Å². The van der Waals surface area contributed by atoms with E-state index in [-0.39, 0.29) is 5.91 Å². The maximum Gasteiger partial charge on any atom is 0.255 e. The van der Waals surface area contributed by atoms with Crippen molar-refractivity contribution in [3.63, 3.8) is 0 Å². The summed E-state index contributed by atoms with van der Waals surface area (Å²) in [5, 5.41) is 18.8. The van der Waals surface area contributed by atoms with Crippen molar-refractivity contribution >= 4 is 51.8 Å². The van der Waals surface area contributed by atoms with Crippen LogP contribution in [-0.4, -0.2) is 25.7 Å². The van der Waals surface area contributed by atoms with Crippen molar-refractivity contribution in [2.24, 2.45) is 0 Å². The molecule has 1 N–H and O–H groups in total. The molecule has 2 aromatic carbocycles. The summed E-state index contributed by atoms with van der Waals surface area (Å²) in [6.07, 6.45) is 0. The van der Waals surface area contributed by atoms with Gasteiger partial charge in [0, 0.05) is 16.8 Å². The average Bonchev–Trinajstić information content (AvgIpc) is 3.45. The van der Waals surface area contributed by atoms with E-state index in [4.69, 9.17) is 28.3 Å². The smallest absolute Gasteiger partial charge is 0.255 e. The van der Waals surface area contributed by atoms with Crippen LogP contribution in [0.15, 0.2) is 72.1 Å². The molecule has 6 nitrogen and oxygen atoms in total. The molecule has 152 valence electrons. The molecule has 0 aliphatic heterocycles. The third-order valence-corrected chi connectivity index (χ3v) is 6.21. The summed E-state index contributed by atoms with van der Waals surface area (Å²) in [6.45, 7) is 0. The van der Waals surface area contributed by atoms with E-state index in [1.54, 1.807) is 28.0 Å². The summed E-state index contributed by atoms with van der Waals surface area (Å²) in [7, 11) is 0. The molecule has 0 atom stereocenters. The van der Waals surface area contributed by atoms with Crippen molar-refractivity contribution in [2.75, 3.05) is 5.32 Å². The molecule has 1 amide bonds. The predicted octanol–water partition coefficient (Wildman–Crippen LogP) is 6.08. The molecule has 3 heterocycles. The number of hydrogen-bond acceptors (Lipinski definition) is 5. The van der Waals surface area contributed by atoms with Gasteiger partial charge in [-0.3, -0.25) is 4.79 Å². The number of anilines is 1. The number of carbonyl (C=O) groups excluding carboxylic acids is 1. The van der Waals surface area contributed by atoms with Crippen LogP contribution >= 0.6 is 34.5 Å². The second-order valence-electron chi connectivity index (χ2n) is 6.65. The maximum atomic E-state index is 12.6. The summed E-state index contributed by atoms with van der Waals surface area (Å²) >= 11 is 13.5. The number of halogens is 2. The van der Waals surface area contributed by atoms with Gasteiger partial charge in [-0.05, 0) is 53.9 Å². The molecular weight excluding hydrogens is 453 g/mol. The van der Waals surface area contributed by atoms with Crippen molar-refractivity contribution in [1.29, 1.82) is 0 Å². The number of thiophene rings is 1. The Morgan fingerprint density at radius 1 is 0.935 bits per heavy atom. The zero-order valence-electron chi connectivity index (χ0n) is 15.8. The van der Waals surface area contributed by atoms with E-state index in [0.717, 1.165) is 16.1 Å². The van der Waals surface area contributed by atoms with E-state index in [1.165, 1.54) is 6.07 Å². The van der Waals surface area contributed by atoms with Gasteiger partial charge >= 0.3 is 0 Å². The van der Waals surface area contributed by atoms with Gasteiger partial charge in [-0.25, -0.2) is 0 Å². The minimum absolute atomic E-state index is 0.280. The maximum absolute atomic E-state index is 12.6. The van der Waals surface area contributed by atoms with Crippen LogP contribution < -0.4 is 5.32 Å². The van der Waals surface area contributed by atoms with E-state index in [9.17, 15) is 4.79 Å². The quantitative estimate of drug-likeness (QED) is 0.349. The average molecular weight is 466 g/mol. The third kappa shape index (κ3) is 3.90. The van der Waals surface area contributed by atoms with Crippen LogP contribution in [0.3, 0.4) is 0 Å². The molecule has 5 aromatic rings. The van der Waals surface area contributed by atoms with E-state index < -0.39 is 0 Å². The lowest BCUT2D eigenvalue weighted by Gasteiger charge is -2.08. The van der Waals surface area contributed by atoms with Gasteiger partial charge in [0.25, 0.3) is 5.91 Å². The van der Waals surface area contributed by atoms with Gasteiger partial charge in [0.05, 0.1) is 20.6 Å². The van der Waals surface area contributed by atoms with Crippen LogP contribution in [0.2, 0.25) is 10.0 Å². The molecule has 0 spiro atoms. The fourth-order valence-electron chi connectivity index (χ4n) is 3.10. The summed E-state index contributed by atoms with van der Waals surface area (Å²) in [5.41, 5.74) is 3.30. The summed E-state index contributed by atoms with van der Waals surface area (Å²) in [6, 6.07) is 19.9. The van der Waals surface area contributed by atoms with Crippen molar-refractivity contribution in [2.45, 2.75) is 0 Å². The molecule has 0 fully saturated rings. The van der Waals surface area contributed by atoms with E-state index in [1.807, 2.05) is 53.9 Å². The van der Waals surface area contributed by atoms with Crippen LogP contribution in [0.4, 0.5) is 5.69 Å². The molecule has 0 unspecified atom stereocenters. The third-order valence-electron chi connectivity index (χ3n) is 4.60. The standard InChI is InChI=1S/C22H13Cl2N5OS/c23-16-7-6-14(12-17(16)24)22(30)25-15-4-1-3-13(11-15)18-8-9-20-26-27-21(29(20)28-18)19-5-2-10-31-19/h1-12H,(H,25,30). The number of amides is 1. The minimum atomic E-state index is -0.280. The lowest BCUT2D eigenvalue weighted by Crippen LogP contribution is -2.11. The molecule has 31 heavy (non-hydrogen) atoms. The Kier molecular flexibility index (Phi) is 5.15. The Balaban J connectivity index is 1.46. The lowest BCUT2D eigenvalue weighted by molar-refractivity contribution is 0.102. The normalized spacial score (nSPS) is 11.0. The van der Waals surface area contributed by atoms with Crippen LogP contribution in [-0.2, 0) is 0 Å². The van der Waals surface area contributed by atoms with Gasteiger partial charge in [0.1, 0.15) is 0 Å². The summed E-state index contributed by atoms with van der Waals surface area (Å²) in [4.78, 5) is 13.6. The van der Waals surface area contributed by atoms with Gasteiger partial charge in [-0.2, -0.15) is 9.61 Å². The van der Waals surface area contributed by atoms with E-state index >= 15 is 0 Å². The van der Waals surface area contributed by atoms with Gasteiger partial charge in [-0.15, -0.1) is 21.5 Å². The van der Waals surface area contributed by atoms with Gasteiger partial charge in [-0.1, -0.05) is 41.4 Å². The largest absolute Gasteiger partial charge is 0.322 e. The van der Waals surface area contributed by atoms with Crippen molar-refractivity contribution in [3.05, 3.63) is 87.7 Å². The summed E-state index contributed by atoms with van der Waals surface area (Å²) < 4.78 is 1.72. The number of aromatic nitrogens is 4. The molecule has 0 saturated carbocycles. The van der Waals surface area contributed by atoms with Gasteiger partial charge < -0.3 is 5.32 Å². The number of rotatable bonds is 4. The first-order chi connectivity index (χ1) is 15.1. The Morgan fingerprint density at radius 3 is 2.65 bits per heavy atom. The van der Waals surface area contributed by atoms with Crippen molar-refractivity contribution < 1.29 is 4.79 Å². The predicted molar refractivity (Wildman–Crippen MR) is 124 cm³/mol. The lowest BCUT2D eigenvalue weighted by atomic mass is 10.1. The molecule has 5 rings (SSSR count). The molecular formula is C22H13Cl2N5OS. The first-order valence-corrected chi connectivity index (χ1v) is 10.9. The first-order valence-electron chi connectivity index (χ1n) is 9.22. The second-order valence-corrected chi connectivity index (χ2v) is 8.42. The molecule has 0 bridgehead atoms. The summed E-state index contributed by atoms with van der Waals surface area (Å²) in [5.74, 6) is 0.411. The molecule has 0 aliphatic carbocycles. The number of benzene rings is 2.